The number of nitrogens with one attached hydrogen (secondary N) is 1. The molecule has 5 nitrogen and oxygen atoms in total. The topological polar surface area (TPSA) is 52.2 Å². The van der Waals surface area contributed by atoms with Crippen LogP contribution in [0, 0.1) is 5.82 Å². The van der Waals surface area contributed by atoms with E-state index in [4.69, 9.17) is 0 Å². The maximum absolute atomic E-state index is 14.0. The van der Waals surface area contributed by atoms with E-state index in [0.717, 1.165) is 37.3 Å². The normalized spacial score (nSPS) is 17.4. The largest absolute Gasteiger partial charge is 0.343 e. The number of hydrogen-bond donors (Lipinski definition) is 1. The number of carbonyl (C=O) groups is 1. The van der Waals surface area contributed by atoms with E-state index >= 15 is 0 Å². The lowest BCUT2D eigenvalue weighted by Crippen LogP contribution is -2.35. The highest BCUT2D eigenvalue weighted by Crippen LogP contribution is 2.31. The minimum atomic E-state index is -0.144. The van der Waals surface area contributed by atoms with E-state index in [0.29, 0.717) is 11.6 Å². The first-order valence-corrected chi connectivity index (χ1v) is 8.72. The minimum absolute atomic E-state index is 0.0598. The fourth-order valence-corrected chi connectivity index (χ4v) is 3.46. The van der Waals surface area contributed by atoms with Crippen LogP contribution in [0.1, 0.15) is 53.6 Å². The Kier molecular flexibility index (Phi) is 5.18. The lowest BCUT2D eigenvalue weighted by Gasteiger charge is -2.35. The Bertz CT molecular complexity index is 735. The van der Waals surface area contributed by atoms with Crippen molar-refractivity contribution in [2.24, 2.45) is 0 Å². The second-order valence-electron chi connectivity index (χ2n) is 6.89. The summed E-state index contributed by atoms with van der Waals surface area (Å²) >= 11 is 0. The zero-order chi connectivity index (χ0) is 18.0. The molecule has 2 heterocycles. The summed E-state index contributed by atoms with van der Waals surface area (Å²) in [6, 6.07) is 7.04. The average Bonchev–Trinajstić information content (AvgIpc) is 3.11. The first-order chi connectivity index (χ1) is 12.0. The van der Waals surface area contributed by atoms with E-state index in [2.05, 4.69) is 21.8 Å². The summed E-state index contributed by atoms with van der Waals surface area (Å²) in [6.07, 6.45) is 3.51. The number of imidazole rings is 1. The number of hydrogen-bond acceptors (Lipinski definition) is 3. The van der Waals surface area contributed by atoms with E-state index in [-0.39, 0.29) is 17.8 Å². The number of piperidine rings is 1. The van der Waals surface area contributed by atoms with Gasteiger partial charge in [0, 0.05) is 31.6 Å². The molecule has 3 rings (SSSR count). The van der Waals surface area contributed by atoms with E-state index in [9.17, 15) is 9.18 Å². The second-order valence-corrected chi connectivity index (χ2v) is 6.89. The third kappa shape index (κ3) is 3.74. The summed E-state index contributed by atoms with van der Waals surface area (Å²) in [5.41, 5.74) is 1.28. The van der Waals surface area contributed by atoms with Crippen molar-refractivity contribution < 1.29 is 9.18 Å². The van der Waals surface area contributed by atoms with Gasteiger partial charge < -0.3 is 9.88 Å². The summed E-state index contributed by atoms with van der Waals surface area (Å²) in [5, 5.41) is 0. The van der Waals surface area contributed by atoms with Gasteiger partial charge in [-0.25, -0.2) is 9.37 Å². The second kappa shape index (κ2) is 7.35. The molecule has 1 saturated heterocycles. The van der Waals surface area contributed by atoms with Gasteiger partial charge in [0.25, 0.3) is 5.91 Å². The molecule has 0 radical (unpaired) electrons. The fourth-order valence-electron chi connectivity index (χ4n) is 3.46. The average molecular weight is 344 g/mol. The third-order valence-electron chi connectivity index (χ3n) is 5.05. The van der Waals surface area contributed by atoms with Gasteiger partial charge in [0.05, 0.1) is 6.20 Å². The molecular formula is C19H25FN4O. The molecule has 1 unspecified atom stereocenters. The highest BCUT2D eigenvalue weighted by Gasteiger charge is 2.27. The Labute approximate surface area is 147 Å². The standard InChI is InChI=1S/C19H25FN4O/c1-13(15-6-4-5-7-16(15)20)24-10-8-14(9-11-24)18-21-12-17(22-18)19(25)23(2)3/h4-7,12-14H,8-11H2,1-3H3,(H,21,22). The van der Waals surface area contributed by atoms with Crippen molar-refractivity contribution in [1.82, 2.24) is 19.8 Å². The van der Waals surface area contributed by atoms with Crippen molar-refractivity contribution in [1.29, 1.82) is 0 Å². The molecule has 1 aliphatic rings. The van der Waals surface area contributed by atoms with Crippen molar-refractivity contribution in [3.05, 3.63) is 53.4 Å². The first kappa shape index (κ1) is 17.6. The van der Waals surface area contributed by atoms with Crippen LogP contribution in [0.5, 0.6) is 0 Å². The van der Waals surface area contributed by atoms with E-state index in [1.165, 1.54) is 11.0 Å². The molecule has 134 valence electrons. The summed E-state index contributed by atoms with van der Waals surface area (Å²) in [4.78, 5) is 23.4. The maximum atomic E-state index is 14.0. The molecule has 25 heavy (non-hydrogen) atoms. The van der Waals surface area contributed by atoms with E-state index < -0.39 is 0 Å². The lowest BCUT2D eigenvalue weighted by molar-refractivity contribution is 0.0822. The highest BCUT2D eigenvalue weighted by molar-refractivity contribution is 5.91. The molecule has 0 spiro atoms. The minimum Gasteiger partial charge on any atom is -0.343 e. The number of H-pyrrole nitrogens is 1. The quantitative estimate of drug-likeness (QED) is 0.927. The number of carbonyl (C=O) groups excluding carboxylic acids is 1. The van der Waals surface area contributed by atoms with Crippen molar-refractivity contribution in [3.8, 4) is 0 Å². The molecule has 1 aromatic carbocycles. The molecule has 1 fully saturated rings. The van der Waals surface area contributed by atoms with Crippen LogP contribution in [0.4, 0.5) is 4.39 Å². The Morgan fingerprint density at radius 1 is 1.32 bits per heavy atom. The summed E-state index contributed by atoms with van der Waals surface area (Å²) in [6.45, 7) is 3.83. The molecule has 1 N–H and O–H groups in total. The van der Waals surface area contributed by atoms with Crippen LogP contribution in [-0.2, 0) is 0 Å². The molecule has 1 aromatic heterocycles. The van der Waals surface area contributed by atoms with Crippen LogP contribution >= 0.6 is 0 Å². The number of benzene rings is 1. The van der Waals surface area contributed by atoms with Crippen LogP contribution < -0.4 is 0 Å². The number of aromatic amines is 1. The maximum Gasteiger partial charge on any atom is 0.271 e. The van der Waals surface area contributed by atoms with Crippen LogP contribution in [0.25, 0.3) is 0 Å². The van der Waals surface area contributed by atoms with Gasteiger partial charge in [-0.3, -0.25) is 9.69 Å². The molecule has 0 aliphatic carbocycles. The zero-order valence-electron chi connectivity index (χ0n) is 15.0. The molecule has 0 bridgehead atoms. The lowest BCUT2D eigenvalue weighted by atomic mass is 9.94. The Balaban J connectivity index is 1.62. The van der Waals surface area contributed by atoms with Gasteiger partial charge in [-0.15, -0.1) is 0 Å². The van der Waals surface area contributed by atoms with Crippen molar-refractivity contribution >= 4 is 5.91 Å². The molecular weight excluding hydrogens is 319 g/mol. The van der Waals surface area contributed by atoms with Gasteiger partial charge in [0.15, 0.2) is 0 Å². The fraction of sp³-hybridized carbons (Fsp3) is 0.474. The number of aromatic nitrogens is 2. The molecule has 1 atom stereocenters. The Hall–Kier alpha value is -2.21. The number of rotatable bonds is 4. The van der Waals surface area contributed by atoms with Crippen LogP contribution in [-0.4, -0.2) is 52.9 Å². The van der Waals surface area contributed by atoms with Crippen molar-refractivity contribution in [2.75, 3.05) is 27.2 Å². The van der Waals surface area contributed by atoms with Gasteiger partial charge >= 0.3 is 0 Å². The third-order valence-corrected chi connectivity index (χ3v) is 5.05. The van der Waals surface area contributed by atoms with Crippen LogP contribution in [0.15, 0.2) is 30.5 Å². The zero-order valence-corrected chi connectivity index (χ0v) is 15.0. The number of amides is 1. The Morgan fingerprint density at radius 3 is 2.64 bits per heavy atom. The molecule has 0 saturated carbocycles. The Morgan fingerprint density at radius 2 is 2.00 bits per heavy atom. The van der Waals surface area contributed by atoms with Crippen LogP contribution in [0.3, 0.4) is 0 Å². The van der Waals surface area contributed by atoms with E-state index in [1.54, 1.807) is 26.4 Å². The van der Waals surface area contributed by atoms with Gasteiger partial charge in [-0.2, -0.15) is 0 Å². The van der Waals surface area contributed by atoms with Crippen molar-refractivity contribution in [2.45, 2.75) is 31.7 Å². The predicted molar refractivity (Wildman–Crippen MR) is 95.0 cm³/mol. The highest BCUT2D eigenvalue weighted by atomic mass is 19.1. The van der Waals surface area contributed by atoms with Gasteiger partial charge in [0.1, 0.15) is 17.3 Å². The first-order valence-electron chi connectivity index (χ1n) is 8.72. The van der Waals surface area contributed by atoms with E-state index in [1.807, 2.05) is 12.1 Å². The number of halogens is 1. The molecule has 1 aliphatic heterocycles. The number of nitrogens with zero attached hydrogens (tertiary/aromatic N) is 3. The van der Waals surface area contributed by atoms with Crippen LogP contribution in [0.2, 0.25) is 0 Å². The smallest absolute Gasteiger partial charge is 0.271 e. The molecule has 6 heteroatoms. The number of likely N-dealkylation sites (tertiary alicyclic amines) is 1. The van der Waals surface area contributed by atoms with Gasteiger partial charge in [-0.05, 0) is 38.9 Å². The van der Waals surface area contributed by atoms with Gasteiger partial charge in [0.2, 0.25) is 0 Å². The monoisotopic (exact) mass is 344 g/mol. The SMILES string of the molecule is CC(c1ccccc1F)N1CCC(c2ncc(C(=O)N(C)C)[nH]2)CC1. The summed E-state index contributed by atoms with van der Waals surface area (Å²) in [7, 11) is 3.46. The molecule has 1 amide bonds. The van der Waals surface area contributed by atoms with Crippen molar-refractivity contribution in [3.63, 3.8) is 0 Å². The molecule has 2 aromatic rings. The summed E-state index contributed by atoms with van der Waals surface area (Å²) < 4.78 is 14.0. The van der Waals surface area contributed by atoms with Gasteiger partial charge in [-0.1, -0.05) is 18.2 Å². The summed E-state index contributed by atoms with van der Waals surface area (Å²) in [5.74, 6) is 0.982. The predicted octanol–water partition coefficient (Wildman–Crippen LogP) is 3.19.